The molecule has 0 aliphatic heterocycles. The molecule has 0 spiro atoms. The second-order valence-corrected chi connectivity index (χ2v) is 13.1. The lowest BCUT2D eigenvalue weighted by atomic mass is 10.0. The zero-order chi connectivity index (χ0) is 22.5. The van der Waals surface area contributed by atoms with E-state index in [-0.39, 0.29) is 13.2 Å². The van der Waals surface area contributed by atoms with Crippen LogP contribution in [0.1, 0.15) is 32.8 Å². The van der Waals surface area contributed by atoms with Crippen LogP contribution in [0.25, 0.3) is 10.8 Å². The van der Waals surface area contributed by atoms with Crippen molar-refractivity contribution in [3.8, 4) is 11.5 Å². The van der Waals surface area contributed by atoms with Gasteiger partial charge in [0.25, 0.3) is 0 Å². The molecule has 4 nitrogen and oxygen atoms in total. The molecule has 0 aromatic heterocycles. The van der Waals surface area contributed by atoms with Crippen molar-refractivity contribution in [2.45, 2.75) is 64.0 Å². The minimum absolute atomic E-state index is 0.261. The Balaban J connectivity index is 1.59. The van der Waals surface area contributed by atoms with Crippen LogP contribution in [0, 0.1) is 11.5 Å². The van der Waals surface area contributed by atoms with Crippen LogP contribution < -0.4 is 0 Å². The van der Waals surface area contributed by atoms with E-state index in [1.165, 1.54) is 28.9 Å². The van der Waals surface area contributed by atoms with Gasteiger partial charge in [-0.15, -0.1) is 11.5 Å². The monoisotopic (exact) mass is 442 g/mol. The standard InChI is InChI=1S/C26H38O4Si/c1-4-31(5-2,6-3)17-9-12-25(27)20-29-15-16-30-21-26(28)19-22-13-14-23-10-7-8-11-24(23)18-22/h7-8,10-11,13-14,18,25-28H,4-6,12,15-16,19-21H2,1-3H3/t25-,26+/m0/s1. The summed E-state index contributed by atoms with van der Waals surface area (Å²) in [5.41, 5.74) is 4.58. The van der Waals surface area contributed by atoms with Gasteiger partial charge in [-0.1, -0.05) is 63.2 Å². The smallest absolute Gasteiger partial charge is 0.137 e. The van der Waals surface area contributed by atoms with Crippen molar-refractivity contribution in [3.05, 3.63) is 48.0 Å². The minimum Gasteiger partial charge on any atom is -0.390 e. The van der Waals surface area contributed by atoms with E-state index in [0.717, 1.165) is 5.56 Å². The van der Waals surface area contributed by atoms with Crippen molar-refractivity contribution >= 4 is 18.8 Å². The molecule has 0 aliphatic carbocycles. The summed E-state index contributed by atoms with van der Waals surface area (Å²) in [5, 5.41) is 22.7. The molecule has 2 rings (SSSR count). The Kier molecular flexibility index (Phi) is 11.3. The van der Waals surface area contributed by atoms with Crippen LogP contribution in [0.4, 0.5) is 0 Å². The zero-order valence-electron chi connectivity index (χ0n) is 19.3. The summed E-state index contributed by atoms with van der Waals surface area (Å²) in [4.78, 5) is 0. The highest BCUT2D eigenvalue weighted by atomic mass is 28.3. The largest absolute Gasteiger partial charge is 0.390 e. The van der Waals surface area contributed by atoms with Gasteiger partial charge in [-0.05, 0) is 34.5 Å². The molecule has 2 aromatic carbocycles. The predicted molar refractivity (Wildman–Crippen MR) is 131 cm³/mol. The molecule has 0 fully saturated rings. The molecular weight excluding hydrogens is 404 g/mol. The Labute approximate surface area is 188 Å². The molecule has 0 amide bonds. The Morgan fingerprint density at radius 1 is 0.839 bits per heavy atom. The van der Waals surface area contributed by atoms with Gasteiger partial charge < -0.3 is 19.7 Å². The maximum Gasteiger partial charge on any atom is 0.137 e. The Hall–Kier alpha value is -1.68. The topological polar surface area (TPSA) is 58.9 Å². The van der Waals surface area contributed by atoms with Crippen molar-refractivity contribution in [2.24, 2.45) is 0 Å². The Morgan fingerprint density at radius 2 is 1.45 bits per heavy atom. The van der Waals surface area contributed by atoms with E-state index in [4.69, 9.17) is 9.47 Å². The highest BCUT2D eigenvalue weighted by Crippen LogP contribution is 2.19. The summed E-state index contributed by atoms with van der Waals surface area (Å²) in [6, 6.07) is 18.0. The van der Waals surface area contributed by atoms with Gasteiger partial charge in [0, 0.05) is 12.8 Å². The molecule has 0 saturated carbocycles. The summed E-state index contributed by atoms with van der Waals surface area (Å²) in [6.45, 7) is 8.00. The molecule has 2 atom stereocenters. The summed E-state index contributed by atoms with van der Waals surface area (Å²) in [7, 11) is -1.44. The molecule has 170 valence electrons. The van der Waals surface area contributed by atoms with E-state index >= 15 is 0 Å². The lowest BCUT2D eigenvalue weighted by molar-refractivity contribution is -0.0156. The van der Waals surface area contributed by atoms with E-state index < -0.39 is 20.3 Å². The van der Waals surface area contributed by atoms with Gasteiger partial charge in [0.1, 0.15) is 8.07 Å². The lowest BCUT2D eigenvalue weighted by Gasteiger charge is -2.20. The van der Waals surface area contributed by atoms with E-state index in [1.54, 1.807) is 0 Å². The quantitative estimate of drug-likeness (QED) is 0.271. The lowest BCUT2D eigenvalue weighted by Crippen LogP contribution is -2.29. The fraction of sp³-hybridized carbons (Fsp3) is 0.538. The van der Waals surface area contributed by atoms with Crippen LogP contribution in [-0.4, -0.2) is 56.9 Å². The van der Waals surface area contributed by atoms with Gasteiger partial charge in [-0.25, -0.2) is 0 Å². The van der Waals surface area contributed by atoms with Crippen LogP contribution >= 0.6 is 0 Å². The molecule has 0 unspecified atom stereocenters. The number of rotatable bonds is 13. The fourth-order valence-electron chi connectivity index (χ4n) is 3.68. The maximum absolute atomic E-state index is 10.2. The highest BCUT2D eigenvalue weighted by Gasteiger charge is 2.24. The summed E-state index contributed by atoms with van der Waals surface area (Å²) < 4.78 is 11.0. The molecule has 31 heavy (non-hydrogen) atoms. The third kappa shape index (κ3) is 8.76. The van der Waals surface area contributed by atoms with Gasteiger partial charge in [0.2, 0.25) is 0 Å². The number of hydrogen-bond acceptors (Lipinski definition) is 4. The second kappa shape index (κ2) is 13.7. The summed E-state index contributed by atoms with van der Waals surface area (Å²) in [5.74, 6) is 3.20. The molecule has 5 heteroatoms. The number of aliphatic hydroxyl groups is 2. The molecule has 2 aromatic rings. The van der Waals surface area contributed by atoms with E-state index in [9.17, 15) is 10.2 Å². The average Bonchev–Trinajstić information content (AvgIpc) is 2.79. The predicted octanol–water partition coefficient (Wildman–Crippen LogP) is 4.58. The van der Waals surface area contributed by atoms with Crippen molar-refractivity contribution in [1.82, 2.24) is 0 Å². The molecule has 0 heterocycles. The van der Waals surface area contributed by atoms with Crippen LogP contribution in [0.3, 0.4) is 0 Å². The van der Waals surface area contributed by atoms with E-state index in [2.05, 4.69) is 56.5 Å². The SMILES string of the molecule is CC[Si](C#CC[C@H](O)COCCOC[C@H](O)Cc1ccc2ccccc2c1)(CC)CC. The average molecular weight is 443 g/mol. The van der Waals surface area contributed by atoms with Crippen LogP contribution in [0.15, 0.2) is 42.5 Å². The Morgan fingerprint density at radius 3 is 2.10 bits per heavy atom. The van der Waals surface area contributed by atoms with Crippen LogP contribution in [-0.2, 0) is 15.9 Å². The van der Waals surface area contributed by atoms with E-state index in [0.29, 0.717) is 26.1 Å². The molecule has 0 bridgehead atoms. The number of benzene rings is 2. The number of hydrogen-bond donors (Lipinski definition) is 2. The van der Waals surface area contributed by atoms with Crippen molar-refractivity contribution in [3.63, 3.8) is 0 Å². The highest BCUT2D eigenvalue weighted by molar-refractivity contribution is 6.87. The van der Waals surface area contributed by atoms with Crippen LogP contribution in [0.5, 0.6) is 0 Å². The van der Waals surface area contributed by atoms with Gasteiger partial charge in [-0.2, -0.15) is 0 Å². The van der Waals surface area contributed by atoms with Gasteiger partial charge >= 0.3 is 0 Å². The number of fused-ring (bicyclic) bond motifs is 1. The first kappa shape index (κ1) is 25.6. The van der Waals surface area contributed by atoms with Crippen molar-refractivity contribution in [2.75, 3.05) is 26.4 Å². The first-order valence-electron chi connectivity index (χ1n) is 11.5. The molecule has 0 saturated heterocycles. The zero-order valence-corrected chi connectivity index (χ0v) is 20.3. The van der Waals surface area contributed by atoms with Gasteiger partial charge in [-0.3, -0.25) is 0 Å². The molecular formula is C26H38O4Si. The number of ether oxygens (including phenoxy) is 2. The van der Waals surface area contributed by atoms with Gasteiger partial charge in [0.05, 0.1) is 38.6 Å². The third-order valence-electron chi connectivity index (χ3n) is 6.00. The van der Waals surface area contributed by atoms with Gasteiger partial charge in [0.15, 0.2) is 0 Å². The van der Waals surface area contributed by atoms with Crippen LogP contribution in [0.2, 0.25) is 18.1 Å². The van der Waals surface area contributed by atoms with Crippen molar-refractivity contribution < 1.29 is 19.7 Å². The molecule has 2 N–H and O–H groups in total. The second-order valence-electron chi connectivity index (χ2n) is 8.19. The molecule has 0 aliphatic rings. The maximum atomic E-state index is 10.2. The molecule has 0 radical (unpaired) electrons. The summed E-state index contributed by atoms with van der Waals surface area (Å²) in [6.07, 6.45) is -0.105. The van der Waals surface area contributed by atoms with E-state index in [1.807, 2.05) is 18.2 Å². The fourth-order valence-corrected chi connectivity index (χ4v) is 6.19. The Bertz CT molecular complexity index is 830. The first-order valence-corrected chi connectivity index (χ1v) is 14.1. The normalized spacial score (nSPS) is 13.6. The summed E-state index contributed by atoms with van der Waals surface area (Å²) >= 11 is 0. The number of aliphatic hydroxyl groups excluding tert-OH is 2. The van der Waals surface area contributed by atoms with Crippen molar-refractivity contribution in [1.29, 1.82) is 0 Å². The first-order chi connectivity index (χ1) is 15.0. The third-order valence-corrected chi connectivity index (χ3v) is 10.8. The minimum atomic E-state index is -1.44.